The number of amides is 2. The molecule has 1 aliphatic rings. The van der Waals surface area contributed by atoms with Crippen LogP contribution in [0.1, 0.15) is 17.0 Å². The van der Waals surface area contributed by atoms with Crippen molar-refractivity contribution in [2.24, 2.45) is 7.05 Å². The second-order valence-electron chi connectivity index (χ2n) is 9.13. The zero-order chi connectivity index (χ0) is 26.1. The molecule has 0 bridgehead atoms. The van der Waals surface area contributed by atoms with Crippen LogP contribution in [0.5, 0.6) is 0 Å². The van der Waals surface area contributed by atoms with Crippen molar-refractivity contribution in [1.82, 2.24) is 29.8 Å². The van der Waals surface area contributed by atoms with Gasteiger partial charge in [0.05, 0.1) is 24.7 Å². The van der Waals surface area contributed by atoms with Crippen molar-refractivity contribution in [3.63, 3.8) is 0 Å². The van der Waals surface area contributed by atoms with Crippen molar-refractivity contribution in [3.05, 3.63) is 83.7 Å². The van der Waals surface area contributed by atoms with E-state index < -0.39 is 23.7 Å². The summed E-state index contributed by atoms with van der Waals surface area (Å²) in [5, 5.41) is 24.6. The van der Waals surface area contributed by atoms with Crippen LogP contribution in [-0.2, 0) is 7.05 Å². The fourth-order valence-electron chi connectivity index (χ4n) is 4.76. The predicted molar refractivity (Wildman–Crippen MR) is 134 cm³/mol. The quantitative estimate of drug-likeness (QED) is 0.372. The van der Waals surface area contributed by atoms with E-state index in [9.17, 15) is 18.7 Å². The van der Waals surface area contributed by atoms with Crippen LogP contribution in [0.2, 0.25) is 0 Å². The first-order valence-corrected chi connectivity index (χ1v) is 11.8. The summed E-state index contributed by atoms with van der Waals surface area (Å²) < 4.78 is 30.8. The number of aliphatic hydroxyl groups excluding tert-OH is 1. The molecular formula is C26H27F2N7O2. The van der Waals surface area contributed by atoms with Gasteiger partial charge in [-0.2, -0.15) is 10.2 Å². The minimum atomic E-state index is -0.950. The highest BCUT2D eigenvalue weighted by Crippen LogP contribution is 2.31. The first-order chi connectivity index (χ1) is 17.8. The summed E-state index contributed by atoms with van der Waals surface area (Å²) >= 11 is 0. The maximum absolute atomic E-state index is 13.9. The zero-order valence-electron chi connectivity index (χ0n) is 20.4. The number of likely N-dealkylation sites (tertiary alicyclic amines) is 1. The molecule has 1 fully saturated rings. The molecule has 2 aromatic carbocycles. The number of aryl methyl sites for hydroxylation is 1. The molecule has 3 heterocycles. The molecule has 2 amide bonds. The van der Waals surface area contributed by atoms with E-state index in [4.69, 9.17) is 5.10 Å². The molecule has 0 spiro atoms. The van der Waals surface area contributed by atoms with Crippen LogP contribution >= 0.6 is 0 Å². The highest BCUT2D eigenvalue weighted by molar-refractivity contribution is 5.91. The number of hydrogen-bond acceptors (Lipinski definition) is 5. The number of rotatable bonds is 6. The van der Waals surface area contributed by atoms with Gasteiger partial charge in [-0.3, -0.25) is 14.9 Å². The van der Waals surface area contributed by atoms with Crippen LogP contribution in [-0.4, -0.2) is 61.5 Å². The van der Waals surface area contributed by atoms with Gasteiger partial charge >= 0.3 is 6.03 Å². The minimum Gasteiger partial charge on any atom is -0.381 e. The molecule has 0 saturated carbocycles. The van der Waals surface area contributed by atoms with E-state index >= 15 is 0 Å². The van der Waals surface area contributed by atoms with Crippen molar-refractivity contribution < 1.29 is 18.7 Å². The van der Waals surface area contributed by atoms with Crippen molar-refractivity contribution in [3.8, 4) is 16.9 Å². The lowest BCUT2D eigenvalue weighted by atomic mass is 9.94. The molecule has 2 atom stereocenters. The third kappa shape index (κ3) is 4.95. The lowest BCUT2D eigenvalue weighted by Gasteiger charge is -2.21. The second kappa shape index (κ2) is 10.1. The Kier molecular flexibility index (Phi) is 6.72. The van der Waals surface area contributed by atoms with Crippen molar-refractivity contribution in [2.75, 3.05) is 25.1 Å². The van der Waals surface area contributed by atoms with E-state index in [1.165, 1.54) is 6.07 Å². The number of nitrogens with one attached hydrogen (secondary N) is 2. The fraction of sp³-hybridized carbons (Fsp3) is 0.269. The molecule has 1 saturated heterocycles. The van der Waals surface area contributed by atoms with Gasteiger partial charge in [0.2, 0.25) is 0 Å². The summed E-state index contributed by atoms with van der Waals surface area (Å²) in [5.74, 6) is -1.73. The van der Waals surface area contributed by atoms with Crippen molar-refractivity contribution >= 4 is 11.8 Å². The first kappa shape index (κ1) is 24.6. The minimum absolute atomic E-state index is 0.214. The van der Waals surface area contributed by atoms with Gasteiger partial charge in [0, 0.05) is 43.4 Å². The molecule has 5 rings (SSSR count). The topological polar surface area (TPSA) is 100 Å². The standard InChI is InChI=1S/C26H27F2N7O2/c1-16-24(18-11-29-33(2)12-18)32-35(19-6-4-3-5-7-19)25(16)31-26(37)30-23-14-34(15-36)13-20(23)17-8-9-21(27)22(28)10-17/h3-12,20,23,36H,13-15H2,1-2H3,(H2,30,31,37)/t20-,23+/m0/s1. The molecule has 0 unspecified atom stereocenters. The molecule has 9 nitrogen and oxygen atoms in total. The van der Waals surface area contributed by atoms with E-state index in [0.717, 1.165) is 28.9 Å². The van der Waals surface area contributed by atoms with Crippen LogP contribution < -0.4 is 10.6 Å². The number of hydrogen-bond donors (Lipinski definition) is 3. The molecule has 2 aromatic heterocycles. The van der Waals surface area contributed by atoms with E-state index in [2.05, 4.69) is 15.7 Å². The monoisotopic (exact) mass is 507 g/mol. The number of aliphatic hydroxyl groups is 1. The van der Waals surface area contributed by atoms with E-state index in [-0.39, 0.29) is 12.6 Å². The summed E-state index contributed by atoms with van der Waals surface area (Å²) in [5.41, 5.74) is 3.56. The van der Waals surface area contributed by atoms with E-state index in [1.807, 2.05) is 50.5 Å². The summed E-state index contributed by atoms with van der Waals surface area (Å²) in [7, 11) is 1.82. The average Bonchev–Trinajstić information content (AvgIpc) is 3.59. The molecule has 0 aliphatic carbocycles. The number of halogens is 2. The molecule has 3 N–H and O–H groups in total. The normalized spacial score (nSPS) is 17.8. The first-order valence-electron chi connectivity index (χ1n) is 11.8. The molecule has 192 valence electrons. The van der Waals surface area contributed by atoms with Crippen LogP contribution in [0.4, 0.5) is 19.4 Å². The Labute approximate surface area is 212 Å². The van der Waals surface area contributed by atoms with E-state index in [0.29, 0.717) is 30.2 Å². The zero-order valence-corrected chi connectivity index (χ0v) is 20.4. The summed E-state index contributed by atoms with van der Waals surface area (Å²) in [6.45, 7) is 2.40. The van der Waals surface area contributed by atoms with Gasteiger partial charge in [-0.05, 0) is 36.8 Å². The van der Waals surface area contributed by atoms with Crippen LogP contribution in [0.3, 0.4) is 0 Å². The Balaban J connectivity index is 1.43. The van der Waals surface area contributed by atoms with Gasteiger partial charge in [-0.1, -0.05) is 24.3 Å². The third-order valence-corrected chi connectivity index (χ3v) is 6.62. The number of nitrogens with zero attached hydrogens (tertiary/aromatic N) is 5. The molecular weight excluding hydrogens is 480 g/mol. The number of carbonyl (C=O) groups excluding carboxylic acids is 1. The largest absolute Gasteiger partial charge is 0.381 e. The maximum atomic E-state index is 13.9. The summed E-state index contributed by atoms with van der Waals surface area (Å²) in [6.07, 6.45) is 3.56. The summed E-state index contributed by atoms with van der Waals surface area (Å²) in [4.78, 5) is 15.0. The van der Waals surface area contributed by atoms with Gasteiger partial charge in [0.25, 0.3) is 0 Å². The number of urea groups is 1. The highest BCUT2D eigenvalue weighted by atomic mass is 19.2. The Bertz CT molecular complexity index is 1420. The average molecular weight is 508 g/mol. The Morgan fingerprint density at radius 2 is 1.92 bits per heavy atom. The summed E-state index contributed by atoms with van der Waals surface area (Å²) in [6, 6.07) is 12.2. The smallest absolute Gasteiger partial charge is 0.320 e. The van der Waals surface area contributed by atoms with Gasteiger partial charge in [0.15, 0.2) is 11.6 Å². The number of aromatic nitrogens is 4. The van der Waals surface area contributed by atoms with Crippen LogP contribution in [0.25, 0.3) is 16.9 Å². The maximum Gasteiger partial charge on any atom is 0.320 e. The molecule has 37 heavy (non-hydrogen) atoms. The van der Waals surface area contributed by atoms with Gasteiger partial charge in [-0.25, -0.2) is 18.3 Å². The van der Waals surface area contributed by atoms with Gasteiger partial charge in [0.1, 0.15) is 11.5 Å². The molecule has 0 radical (unpaired) electrons. The van der Waals surface area contributed by atoms with Crippen molar-refractivity contribution in [1.29, 1.82) is 0 Å². The van der Waals surface area contributed by atoms with Crippen LogP contribution in [0.15, 0.2) is 60.9 Å². The third-order valence-electron chi connectivity index (χ3n) is 6.62. The Morgan fingerprint density at radius 3 is 2.59 bits per heavy atom. The molecule has 4 aromatic rings. The molecule has 11 heteroatoms. The van der Waals surface area contributed by atoms with Gasteiger partial charge < -0.3 is 10.4 Å². The Morgan fingerprint density at radius 1 is 1.14 bits per heavy atom. The number of carbonyl (C=O) groups is 1. The SMILES string of the molecule is Cc1c(-c2cnn(C)c2)nn(-c2ccccc2)c1NC(=O)N[C@@H]1CN(CO)C[C@H]1c1ccc(F)c(F)c1. The van der Waals surface area contributed by atoms with Crippen molar-refractivity contribution in [2.45, 2.75) is 18.9 Å². The lowest BCUT2D eigenvalue weighted by Crippen LogP contribution is -2.42. The Hall–Kier alpha value is -4.09. The number of anilines is 1. The lowest BCUT2D eigenvalue weighted by molar-refractivity contribution is 0.128. The van der Waals surface area contributed by atoms with E-state index in [1.54, 1.807) is 20.5 Å². The predicted octanol–water partition coefficient (Wildman–Crippen LogP) is 3.40. The second-order valence-corrected chi connectivity index (χ2v) is 9.13. The number of para-hydroxylation sites is 1. The fourth-order valence-corrected chi connectivity index (χ4v) is 4.76. The molecule has 1 aliphatic heterocycles. The van der Waals surface area contributed by atoms with Crippen LogP contribution in [0, 0.1) is 18.6 Å². The number of benzene rings is 2. The van der Waals surface area contributed by atoms with Gasteiger partial charge in [-0.15, -0.1) is 0 Å². The highest BCUT2D eigenvalue weighted by Gasteiger charge is 2.35.